The topological polar surface area (TPSA) is 152 Å². The van der Waals surface area contributed by atoms with Crippen LogP contribution in [0.4, 0.5) is 0 Å². The fourth-order valence-corrected chi connectivity index (χ4v) is 1.44. The highest BCUT2D eigenvalue weighted by molar-refractivity contribution is 6.16. The van der Waals surface area contributed by atoms with E-state index in [0.717, 1.165) is 6.08 Å². The molecule has 0 aliphatic rings. The molecule has 0 radical (unpaired) electrons. The van der Waals surface area contributed by atoms with Crippen LogP contribution in [0.25, 0.3) is 6.08 Å². The molecule has 112 valence electrons. The Balaban J connectivity index is 3.18. The van der Waals surface area contributed by atoms with E-state index in [0.29, 0.717) is 11.6 Å². The van der Waals surface area contributed by atoms with Crippen LogP contribution in [0.3, 0.4) is 0 Å². The second-order valence-electron chi connectivity index (χ2n) is 4.10. The zero-order valence-electron chi connectivity index (χ0n) is 10.5. The van der Waals surface area contributed by atoms with Crippen LogP contribution in [0.2, 0.25) is 0 Å². The number of aliphatic hydroxyl groups is 3. The molecule has 5 N–H and O–H groups in total. The molecule has 1 rings (SSSR count). The summed E-state index contributed by atoms with van der Waals surface area (Å²) in [4.78, 5) is 33.3. The van der Waals surface area contributed by atoms with Crippen LogP contribution in [-0.4, -0.2) is 54.6 Å². The quantitative estimate of drug-likeness (QED) is 0.250. The molecule has 0 fully saturated rings. The number of rotatable bonds is 6. The Morgan fingerprint density at radius 1 is 0.905 bits per heavy atom. The number of ketones is 1. The SMILES string of the molecule is O=C(O)C(O)(O)C(O)(C(=O)O)C(=O)C=Cc1ccccc1. The molecule has 0 aromatic heterocycles. The van der Waals surface area contributed by atoms with Gasteiger partial charge in [0, 0.05) is 0 Å². The van der Waals surface area contributed by atoms with Crippen LogP contribution in [-0.2, 0) is 14.4 Å². The number of carbonyl (C=O) groups excluding carboxylic acids is 1. The van der Waals surface area contributed by atoms with Gasteiger partial charge in [-0.15, -0.1) is 0 Å². The van der Waals surface area contributed by atoms with Crippen molar-refractivity contribution in [2.45, 2.75) is 11.4 Å². The monoisotopic (exact) mass is 296 g/mol. The summed E-state index contributed by atoms with van der Waals surface area (Å²) in [5.74, 6) is -10.8. The van der Waals surface area contributed by atoms with Gasteiger partial charge in [-0.2, -0.15) is 0 Å². The van der Waals surface area contributed by atoms with Gasteiger partial charge in [0.25, 0.3) is 5.60 Å². The first-order valence-corrected chi connectivity index (χ1v) is 5.55. The van der Waals surface area contributed by atoms with Crippen molar-refractivity contribution in [1.82, 2.24) is 0 Å². The molecular weight excluding hydrogens is 284 g/mol. The lowest BCUT2D eigenvalue weighted by molar-refractivity contribution is -0.262. The summed E-state index contributed by atoms with van der Waals surface area (Å²) in [6, 6.07) is 8.02. The molecule has 1 unspecified atom stereocenters. The maximum atomic E-state index is 11.7. The third-order valence-electron chi connectivity index (χ3n) is 2.70. The molecule has 1 aromatic carbocycles. The van der Waals surface area contributed by atoms with Gasteiger partial charge in [-0.25, -0.2) is 9.59 Å². The van der Waals surface area contributed by atoms with Gasteiger partial charge in [0.1, 0.15) is 0 Å². The van der Waals surface area contributed by atoms with Crippen LogP contribution in [0.1, 0.15) is 5.56 Å². The first-order valence-electron chi connectivity index (χ1n) is 5.55. The summed E-state index contributed by atoms with van der Waals surface area (Å²) in [5, 5.41) is 45.4. The van der Waals surface area contributed by atoms with Crippen molar-refractivity contribution in [2.24, 2.45) is 0 Å². The molecule has 0 heterocycles. The maximum absolute atomic E-state index is 11.7. The lowest BCUT2D eigenvalue weighted by atomic mass is 9.87. The van der Waals surface area contributed by atoms with Crippen molar-refractivity contribution in [1.29, 1.82) is 0 Å². The molecule has 0 aliphatic heterocycles. The van der Waals surface area contributed by atoms with Gasteiger partial charge in [-0.3, -0.25) is 4.79 Å². The zero-order valence-corrected chi connectivity index (χ0v) is 10.5. The van der Waals surface area contributed by atoms with E-state index < -0.39 is 29.1 Å². The average Bonchev–Trinajstić information content (AvgIpc) is 2.44. The number of carbonyl (C=O) groups is 3. The first-order chi connectivity index (χ1) is 9.64. The predicted molar refractivity (Wildman–Crippen MR) is 67.9 cm³/mol. The fraction of sp³-hybridized carbons (Fsp3) is 0.154. The average molecular weight is 296 g/mol. The van der Waals surface area contributed by atoms with Gasteiger partial charge in [0.2, 0.25) is 5.78 Å². The Labute approximate surface area is 118 Å². The number of carboxylic acids is 2. The molecule has 0 aliphatic carbocycles. The summed E-state index contributed by atoms with van der Waals surface area (Å²) >= 11 is 0. The standard InChI is InChI=1S/C13H12O8/c14-9(7-6-8-4-2-1-3-5-8)12(19,10(15)16)13(20,21)11(17)18/h1-7,19-21H,(H,15,16)(H,17,18). The number of aliphatic carboxylic acids is 2. The number of hydrogen-bond donors (Lipinski definition) is 5. The summed E-state index contributed by atoms with van der Waals surface area (Å²) in [7, 11) is 0. The van der Waals surface area contributed by atoms with E-state index in [-0.39, 0.29) is 0 Å². The summed E-state index contributed by atoms with van der Waals surface area (Å²) < 4.78 is 0. The van der Waals surface area contributed by atoms with Gasteiger partial charge in [-0.05, 0) is 11.6 Å². The molecule has 8 nitrogen and oxygen atoms in total. The molecular formula is C13H12O8. The van der Waals surface area contributed by atoms with Gasteiger partial charge in [0.05, 0.1) is 0 Å². The van der Waals surface area contributed by atoms with Gasteiger partial charge >= 0.3 is 17.7 Å². The number of benzene rings is 1. The molecule has 0 bridgehead atoms. The highest BCUT2D eigenvalue weighted by atomic mass is 16.6. The summed E-state index contributed by atoms with van der Waals surface area (Å²) in [6.45, 7) is 0. The van der Waals surface area contributed by atoms with Crippen molar-refractivity contribution < 1.29 is 39.9 Å². The van der Waals surface area contributed by atoms with Crippen molar-refractivity contribution in [3.8, 4) is 0 Å². The lowest BCUT2D eigenvalue weighted by Crippen LogP contribution is -2.67. The second kappa shape index (κ2) is 5.83. The van der Waals surface area contributed by atoms with E-state index in [2.05, 4.69) is 0 Å². The van der Waals surface area contributed by atoms with E-state index in [1.807, 2.05) is 0 Å². The van der Waals surface area contributed by atoms with Crippen molar-refractivity contribution >= 4 is 23.8 Å². The van der Waals surface area contributed by atoms with Crippen molar-refractivity contribution in [2.75, 3.05) is 0 Å². The Hall–Kier alpha value is -2.55. The minimum Gasteiger partial charge on any atom is -0.479 e. The fourth-order valence-electron chi connectivity index (χ4n) is 1.44. The molecule has 0 saturated carbocycles. The highest BCUT2D eigenvalue weighted by Gasteiger charge is 2.64. The maximum Gasteiger partial charge on any atom is 0.368 e. The van der Waals surface area contributed by atoms with E-state index >= 15 is 0 Å². The summed E-state index contributed by atoms with van der Waals surface area (Å²) in [6.07, 6.45) is 1.64. The Kier molecular flexibility index (Phi) is 4.58. The van der Waals surface area contributed by atoms with Crippen LogP contribution in [0.15, 0.2) is 36.4 Å². The van der Waals surface area contributed by atoms with Crippen molar-refractivity contribution in [3.63, 3.8) is 0 Å². The van der Waals surface area contributed by atoms with Crippen LogP contribution in [0, 0.1) is 0 Å². The van der Waals surface area contributed by atoms with Crippen LogP contribution < -0.4 is 0 Å². The van der Waals surface area contributed by atoms with E-state index in [1.165, 1.54) is 0 Å². The minimum atomic E-state index is -4.18. The smallest absolute Gasteiger partial charge is 0.368 e. The Morgan fingerprint density at radius 2 is 1.43 bits per heavy atom. The molecule has 0 amide bonds. The number of hydrogen-bond acceptors (Lipinski definition) is 6. The third-order valence-corrected chi connectivity index (χ3v) is 2.70. The second-order valence-corrected chi connectivity index (χ2v) is 4.10. The van der Waals surface area contributed by atoms with Crippen LogP contribution in [0.5, 0.6) is 0 Å². The summed E-state index contributed by atoms with van der Waals surface area (Å²) in [5.41, 5.74) is -3.49. The molecule has 1 atom stereocenters. The largest absolute Gasteiger partial charge is 0.479 e. The highest BCUT2D eigenvalue weighted by Crippen LogP contribution is 2.23. The van der Waals surface area contributed by atoms with Crippen molar-refractivity contribution in [3.05, 3.63) is 42.0 Å². The molecule has 8 heteroatoms. The molecule has 1 aromatic rings. The zero-order chi connectivity index (χ0) is 16.3. The Morgan fingerprint density at radius 3 is 1.86 bits per heavy atom. The predicted octanol–water partition coefficient (Wildman–Crippen LogP) is -1.15. The van der Waals surface area contributed by atoms with Gasteiger partial charge in [0.15, 0.2) is 0 Å². The first kappa shape index (κ1) is 16.5. The van der Waals surface area contributed by atoms with E-state index in [4.69, 9.17) is 10.2 Å². The van der Waals surface area contributed by atoms with Gasteiger partial charge < -0.3 is 25.5 Å². The van der Waals surface area contributed by atoms with Gasteiger partial charge in [-0.1, -0.05) is 36.4 Å². The molecule has 21 heavy (non-hydrogen) atoms. The number of carboxylic acid groups (broad SMARTS) is 2. The normalized spacial score (nSPS) is 14.6. The van der Waals surface area contributed by atoms with E-state index in [1.54, 1.807) is 30.3 Å². The lowest BCUT2D eigenvalue weighted by Gasteiger charge is -2.30. The minimum absolute atomic E-state index is 0.454. The Bertz CT molecular complexity index is 589. The molecule has 0 saturated heterocycles. The third kappa shape index (κ3) is 2.97. The molecule has 0 spiro atoms. The van der Waals surface area contributed by atoms with E-state index in [9.17, 15) is 29.7 Å². The van der Waals surface area contributed by atoms with Crippen LogP contribution >= 0.6 is 0 Å².